The maximum atomic E-state index is 12.5. The van der Waals surface area contributed by atoms with Crippen molar-refractivity contribution < 1.29 is 23.9 Å². The minimum Gasteiger partial charge on any atom is -0.444 e. The van der Waals surface area contributed by atoms with Crippen LogP contribution in [0.1, 0.15) is 40.0 Å². The Balaban J connectivity index is 2.04. The van der Waals surface area contributed by atoms with E-state index in [2.05, 4.69) is 10.6 Å². The van der Waals surface area contributed by atoms with Crippen LogP contribution in [0.25, 0.3) is 0 Å². The zero-order valence-electron chi connectivity index (χ0n) is 14.4. The largest absolute Gasteiger partial charge is 0.444 e. The molecule has 0 aromatic carbocycles. The molecule has 2 fully saturated rings. The van der Waals surface area contributed by atoms with Gasteiger partial charge in [-0.2, -0.15) is 0 Å². The van der Waals surface area contributed by atoms with Crippen molar-refractivity contribution in [1.82, 2.24) is 15.5 Å². The number of nitrogens with one attached hydrogen (secondary N) is 2. The molecule has 2 aliphatic heterocycles. The van der Waals surface area contributed by atoms with Gasteiger partial charge in [-0.15, -0.1) is 0 Å². The first kappa shape index (κ1) is 18.2. The second-order valence-corrected chi connectivity index (χ2v) is 7.22. The first-order valence-corrected chi connectivity index (χ1v) is 8.28. The summed E-state index contributed by atoms with van der Waals surface area (Å²) in [5.41, 5.74) is -0.718. The van der Waals surface area contributed by atoms with Gasteiger partial charge in [-0.1, -0.05) is 0 Å². The highest BCUT2D eigenvalue weighted by molar-refractivity contribution is 6.38. The normalized spacial score (nSPS) is 21.5. The van der Waals surface area contributed by atoms with Crippen molar-refractivity contribution in [2.24, 2.45) is 5.92 Å². The van der Waals surface area contributed by atoms with Gasteiger partial charge in [-0.25, -0.2) is 4.79 Å². The fraction of sp³-hybridized carbons (Fsp3) is 0.750. The Kier molecular flexibility index (Phi) is 5.46. The third-order valence-corrected chi connectivity index (χ3v) is 4.04. The molecule has 2 unspecified atom stereocenters. The summed E-state index contributed by atoms with van der Waals surface area (Å²) in [4.78, 5) is 49.8. The molecule has 24 heavy (non-hydrogen) atoms. The highest BCUT2D eigenvalue weighted by Gasteiger charge is 2.37. The molecule has 0 saturated carbocycles. The number of nitrogens with zero attached hydrogens (tertiary/aromatic N) is 1. The summed E-state index contributed by atoms with van der Waals surface area (Å²) in [5, 5.41) is 5.16. The Morgan fingerprint density at radius 1 is 1.33 bits per heavy atom. The Morgan fingerprint density at radius 2 is 2.00 bits per heavy atom. The fourth-order valence-electron chi connectivity index (χ4n) is 2.66. The molecule has 0 aromatic rings. The van der Waals surface area contributed by atoms with Crippen LogP contribution >= 0.6 is 0 Å². The van der Waals surface area contributed by atoms with E-state index in [4.69, 9.17) is 4.74 Å². The smallest absolute Gasteiger partial charge is 0.408 e. The minimum atomic E-state index is -1.05. The number of alkyl carbamates (subject to hydrolysis) is 1. The van der Waals surface area contributed by atoms with Crippen molar-refractivity contribution in [2.45, 2.75) is 51.7 Å². The molecule has 3 amide bonds. The molecule has 2 aliphatic rings. The third-order valence-electron chi connectivity index (χ3n) is 4.04. The summed E-state index contributed by atoms with van der Waals surface area (Å²) in [7, 11) is 0. The lowest BCUT2D eigenvalue weighted by Crippen LogP contribution is -2.53. The van der Waals surface area contributed by atoms with Gasteiger partial charge >= 0.3 is 6.09 Å². The highest BCUT2D eigenvalue weighted by Crippen LogP contribution is 2.18. The van der Waals surface area contributed by atoms with E-state index in [-0.39, 0.29) is 12.3 Å². The van der Waals surface area contributed by atoms with Crippen molar-refractivity contribution in [3.05, 3.63) is 0 Å². The van der Waals surface area contributed by atoms with E-state index < -0.39 is 35.3 Å². The van der Waals surface area contributed by atoms with Gasteiger partial charge in [0, 0.05) is 25.6 Å². The van der Waals surface area contributed by atoms with Gasteiger partial charge < -0.3 is 20.3 Å². The number of Topliss-reactive ketones (excluding diaryl/α,β-unsaturated/α-hetero) is 1. The van der Waals surface area contributed by atoms with Gasteiger partial charge in [0.25, 0.3) is 5.91 Å². The van der Waals surface area contributed by atoms with Crippen LogP contribution in [-0.4, -0.2) is 59.9 Å². The van der Waals surface area contributed by atoms with E-state index in [0.29, 0.717) is 26.1 Å². The van der Waals surface area contributed by atoms with Gasteiger partial charge in [0.1, 0.15) is 11.6 Å². The Labute approximate surface area is 141 Å². The number of carbonyl (C=O) groups is 4. The molecule has 0 bridgehead atoms. The van der Waals surface area contributed by atoms with E-state index >= 15 is 0 Å². The van der Waals surface area contributed by atoms with Gasteiger partial charge in [-0.3, -0.25) is 14.4 Å². The topological polar surface area (TPSA) is 105 Å². The summed E-state index contributed by atoms with van der Waals surface area (Å²) in [6.45, 7) is 6.76. The summed E-state index contributed by atoms with van der Waals surface area (Å²) in [6.07, 6.45) is 0.782. The van der Waals surface area contributed by atoms with E-state index in [1.165, 1.54) is 4.90 Å². The molecule has 2 rings (SSSR count). The van der Waals surface area contributed by atoms with Crippen LogP contribution in [-0.2, 0) is 19.1 Å². The Hall–Kier alpha value is -2.12. The molecule has 0 radical (unpaired) electrons. The number of ketones is 1. The lowest BCUT2D eigenvalue weighted by Gasteiger charge is -2.32. The van der Waals surface area contributed by atoms with Gasteiger partial charge in [0.05, 0.1) is 0 Å². The predicted molar refractivity (Wildman–Crippen MR) is 85.1 cm³/mol. The average Bonchev–Trinajstić information content (AvgIpc) is 2.78. The average molecular weight is 339 g/mol. The van der Waals surface area contributed by atoms with Crippen molar-refractivity contribution in [3.63, 3.8) is 0 Å². The SMILES string of the molecule is CC(C)(C)OC(=O)NC(CC1CCNC1=O)C(=O)C(=O)N1CCC1. The van der Waals surface area contributed by atoms with Crippen LogP contribution < -0.4 is 10.6 Å². The third kappa shape index (κ3) is 4.69. The predicted octanol–water partition coefficient (Wildman–Crippen LogP) is 0.207. The number of ether oxygens (including phenoxy) is 1. The monoisotopic (exact) mass is 339 g/mol. The van der Waals surface area contributed by atoms with E-state index in [1.807, 2.05) is 0 Å². The summed E-state index contributed by atoms with van der Waals surface area (Å²) < 4.78 is 5.16. The van der Waals surface area contributed by atoms with Crippen LogP contribution in [0.2, 0.25) is 0 Å². The standard InChI is InChI=1S/C16H25N3O5/c1-16(2,3)24-15(23)18-11(9-10-5-6-17-13(10)21)12(20)14(22)19-7-4-8-19/h10-11H,4-9H2,1-3H3,(H,17,21)(H,18,23). The lowest BCUT2D eigenvalue weighted by atomic mass is 9.95. The molecule has 8 heteroatoms. The summed E-state index contributed by atoms with van der Waals surface area (Å²) in [5.74, 6) is -1.85. The Morgan fingerprint density at radius 3 is 2.46 bits per heavy atom. The number of hydrogen-bond acceptors (Lipinski definition) is 5. The second kappa shape index (κ2) is 7.19. The Bertz CT molecular complexity index is 536. The van der Waals surface area contributed by atoms with Crippen LogP contribution in [0.5, 0.6) is 0 Å². The molecule has 2 N–H and O–H groups in total. The minimum absolute atomic E-state index is 0.101. The molecular weight excluding hydrogens is 314 g/mol. The first-order chi connectivity index (χ1) is 11.2. The number of hydrogen-bond donors (Lipinski definition) is 2. The van der Waals surface area contributed by atoms with Crippen LogP contribution in [0.4, 0.5) is 4.79 Å². The van der Waals surface area contributed by atoms with Crippen LogP contribution in [0, 0.1) is 5.92 Å². The van der Waals surface area contributed by atoms with E-state index in [1.54, 1.807) is 20.8 Å². The van der Waals surface area contributed by atoms with Crippen molar-refractivity contribution in [1.29, 1.82) is 0 Å². The lowest BCUT2D eigenvalue weighted by molar-refractivity contribution is -0.148. The quantitative estimate of drug-likeness (QED) is 0.697. The van der Waals surface area contributed by atoms with Crippen LogP contribution in [0.15, 0.2) is 0 Å². The van der Waals surface area contributed by atoms with Gasteiger partial charge in [0.15, 0.2) is 0 Å². The maximum Gasteiger partial charge on any atom is 0.408 e. The molecule has 134 valence electrons. The molecule has 2 atom stereocenters. The van der Waals surface area contributed by atoms with Crippen molar-refractivity contribution in [3.8, 4) is 0 Å². The second-order valence-electron chi connectivity index (χ2n) is 7.22. The number of likely N-dealkylation sites (tertiary alicyclic amines) is 1. The zero-order chi connectivity index (χ0) is 17.9. The molecule has 2 saturated heterocycles. The van der Waals surface area contributed by atoms with E-state index in [0.717, 1.165) is 6.42 Å². The molecule has 0 aliphatic carbocycles. The van der Waals surface area contributed by atoms with Crippen molar-refractivity contribution >= 4 is 23.7 Å². The number of carbonyl (C=O) groups excluding carboxylic acids is 4. The molecule has 0 aromatic heterocycles. The van der Waals surface area contributed by atoms with Crippen molar-refractivity contribution in [2.75, 3.05) is 19.6 Å². The van der Waals surface area contributed by atoms with Crippen LogP contribution in [0.3, 0.4) is 0 Å². The molecule has 0 spiro atoms. The summed E-state index contributed by atoms with van der Waals surface area (Å²) >= 11 is 0. The summed E-state index contributed by atoms with van der Waals surface area (Å²) in [6, 6.07) is -1.05. The number of rotatable bonds is 5. The van der Waals surface area contributed by atoms with E-state index in [9.17, 15) is 19.2 Å². The maximum absolute atomic E-state index is 12.5. The first-order valence-electron chi connectivity index (χ1n) is 8.28. The highest BCUT2D eigenvalue weighted by atomic mass is 16.6. The molecular formula is C16H25N3O5. The van der Waals surface area contributed by atoms with Gasteiger partial charge in [0.2, 0.25) is 11.7 Å². The number of amides is 3. The molecule has 8 nitrogen and oxygen atoms in total. The van der Waals surface area contributed by atoms with Gasteiger partial charge in [-0.05, 0) is 40.0 Å². The zero-order valence-corrected chi connectivity index (χ0v) is 14.4. The molecule has 2 heterocycles. The fourth-order valence-corrected chi connectivity index (χ4v) is 2.66.